The lowest BCUT2D eigenvalue weighted by Gasteiger charge is -2.25. The Morgan fingerprint density at radius 3 is 2.61 bits per heavy atom. The molecule has 0 atom stereocenters. The minimum atomic E-state index is -0.637. The zero-order chi connectivity index (χ0) is 25.0. The summed E-state index contributed by atoms with van der Waals surface area (Å²) in [5, 5.41) is 4.93. The number of halogens is 1. The number of hydrogen-bond acceptors (Lipinski definition) is 6. The van der Waals surface area contributed by atoms with Gasteiger partial charge in [0.1, 0.15) is 11.5 Å². The van der Waals surface area contributed by atoms with Crippen LogP contribution >= 0.6 is 0 Å². The molecule has 0 aliphatic heterocycles. The third-order valence-electron chi connectivity index (χ3n) is 6.94. The average Bonchev–Trinajstić information content (AvgIpc) is 3.38. The summed E-state index contributed by atoms with van der Waals surface area (Å²) in [5.74, 6) is 0.754. The molecule has 0 unspecified atom stereocenters. The van der Waals surface area contributed by atoms with Crippen molar-refractivity contribution in [1.29, 1.82) is 0 Å². The Morgan fingerprint density at radius 1 is 1.11 bits per heavy atom. The number of aryl methyl sites for hydroxylation is 2. The number of hydrogen-bond donors (Lipinski definition) is 0. The first-order valence-corrected chi connectivity index (χ1v) is 11.8. The van der Waals surface area contributed by atoms with Gasteiger partial charge in [0.25, 0.3) is 0 Å². The number of aromatic nitrogens is 6. The van der Waals surface area contributed by atoms with E-state index in [4.69, 9.17) is 9.47 Å². The number of rotatable bonds is 6. The van der Waals surface area contributed by atoms with Crippen LogP contribution < -0.4 is 15.2 Å². The second-order valence-electron chi connectivity index (χ2n) is 9.23. The van der Waals surface area contributed by atoms with Gasteiger partial charge in [-0.2, -0.15) is 5.10 Å². The van der Waals surface area contributed by atoms with Gasteiger partial charge in [0.15, 0.2) is 11.6 Å². The maximum Gasteiger partial charge on any atom is 0.334 e. The topological polar surface area (TPSA) is 89.0 Å². The normalized spacial score (nSPS) is 13.9. The lowest BCUT2D eigenvalue weighted by Crippen LogP contribution is -2.23. The van der Waals surface area contributed by atoms with Gasteiger partial charge in [0.05, 0.1) is 48.9 Å². The molecule has 4 aromatic heterocycles. The number of fused-ring (bicyclic) bond motifs is 3. The van der Waals surface area contributed by atoms with Crippen LogP contribution in [0, 0.1) is 11.7 Å². The minimum absolute atomic E-state index is 0.0900. The SMILES string of the molecule is COc1cc2ncc3c(c2cc1-c1cnn(C)c1)n(-c1ncc(OCC2CCC2)cc1F)c(=O)n3C. The molecule has 0 spiro atoms. The molecule has 1 aliphatic rings. The first-order valence-electron chi connectivity index (χ1n) is 11.8. The van der Waals surface area contributed by atoms with Crippen LogP contribution in [0.25, 0.3) is 38.9 Å². The third-order valence-corrected chi connectivity index (χ3v) is 6.94. The van der Waals surface area contributed by atoms with Gasteiger partial charge in [-0.05, 0) is 24.8 Å². The van der Waals surface area contributed by atoms with Crippen molar-refractivity contribution in [2.24, 2.45) is 20.0 Å². The van der Waals surface area contributed by atoms with Gasteiger partial charge in [-0.3, -0.25) is 14.2 Å². The van der Waals surface area contributed by atoms with E-state index in [1.165, 1.54) is 27.8 Å². The Hall–Kier alpha value is -4.21. The molecule has 1 aliphatic carbocycles. The third kappa shape index (κ3) is 3.52. The molecule has 0 N–H and O–H groups in total. The molecule has 0 amide bonds. The highest BCUT2D eigenvalue weighted by Gasteiger charge is 2.22. The Balaban J connectivity index is 1.55. The van der Waals surface area contributed by atoms with Crippen molar-refractivity contribution in [3.8, 4) is 28.4 Å². The summed E-state index contributed by atoms with van der Waals surface area (Å²) in [4.78, 5) is 22.2. The summed E-state index contributed by atoms with van der Waals surface area (Å²) in [6.45, 7) is 0.546. The predicted octanol–water partition coefficient (Wildman–Crippen LogP) is 4.00. The number of imidazole rings is 1. The second kappa shape index (κ2) is 8.47. The second-order valence-corrected chi connectivity index (χ2v) is 9.23. The predicted molar refractivity (Wildman–Crippen MR) is 133 cm³/mol. The fourth-order valence-corrected chi connectivity index (χ4v) is 4.71. The zero-order valence-corrected chi connectivity index (χ0v) is 20.2. The molecule has 10 heteroatoms. The molecule has 5 aromatic rings. The summed E-state index contributed by atoms with van der Waals surface area (Å²) < 4.78 is 31.2. The first-order chi connectivity index (χ1) is 17.4. The highest BCUT2D eigenvalue weighted by molar-refractivity contribution is 6.05. The summed E-state index contributed by atoms with van der Waals surface area (Å²) in [6, 6.07) is 4.99. The Kier molecular flexibility index (Phi) is 5.24. The molecule has 4 heterocycles. The van der Waals surface area contributed by atoms with E-state index in [0.717, 1.165) is 24.0 Å². The highest BCUT2D eigenvalue weighted by atomic mass is 19.1. The molecule has 36 heavy (non-hydrogen) atoms. The summed E-state index contributed by atoms with van der Waals surface area (Å²) in [5.41, 5.74) is 2.87. The Morgan fingerprint density at radius 2 is 1.94 bits per heavy atom. The molecule has 9 nitrogen and oxygen atoms in total. The van der Waals surface area contributed by atoms with Gasteiger partial charge < -0.3 is 9.47 Å². The molecule has 1 fully saturated rings. The van der Waals surface area contributed by atoms with E-state index < -0.39 is 11.5 Å². The number of ether oxygens (including phenoxy) is 2. The van der Waals surface area contributed by atoms with Gasteiger partial charge in [-0.15, -0.1) is 0 Å². The molecular weight excluding hydrogens is 463 g/mol. The maximum atomic E-state index is 15.4. The van der Waals surface area contributed by atoms with Crippen LogP contribution in [-0.4, -0.2) is 42.6 Å². The molecule has 0 radical (unpaired) electrons. The van der Waals surface area contributed by atoms with Gasteiger partial charge in [-0.25, -0.2) is 18.7 Å². The van der Waals surface area contributed by atoms with E-state index in [9.17, 15) is 4.79 Å². The van der Waals surface area contributed by atoms with E-state index in [0.29, 0.717) is 46.0 Å². The standard InChI is InChI=1S/C26H25FN6O3/c1-31-13-16(10-30-31)18-8-19-21(9-23(18)35-3)28-12-22-24(19)33(26(34)32(22)2)25-20(27)7-17(11-29-25)36-14-15-5-4-6-15/h7-13,15H,4-6,14H2,1-3H3. The van der Waals surface area contributed by atoms with Crippen LogP contribution in [0.2, 0.25) is 0 Å². The van der Waals surface area contributed by atoms with Gasteiger partial charge in [-0.1, -0.05) is 6.42 Å². The van der Waals surface area contributed by atoms with Crippen molar-refractivity contribution in [2.45, 2.75) is 19.3 Å². The van der Waals surface area contributed by atoms with Crippen molar-refractivity contribution >= 4 is 21.9 Å². The van der Waals surface area contributed by atoms with Crippen molar-refractivity contribution in [2.75, 3.05) is 13.7 Å². The minimum Gasteiger partial charge on any atom is -0.496 e. The number of benzene rings is 1. The molecular formula is C26H25FN6O3. The monoisotopic (exact) mass is 488 g/mol. The quantitative estimate of drug-likeness (QED) is 0.359. The lowest BCUT2D eigenvalue weighted by molar-refractivity contribution is 0.179. The molecule has 1 saturated carbocycles. The summed E-state index contributed by atoms with van der Waals surface area (Å²) in [6.07, 6.45) is 10.2. The van der Waals surface area contributed by atoms with Crippen molar-refractivity contribution < 1.29 is 13.9 Å². The molecule has 0 saturated heterocycles. The van der Waals surface area contributed by atoms with Crippen LogP contribution in [0.3, 0.4) is 0 Å². The number of pyridine rings is 2. The van der Waals surface area contributed by atoms with E-state index in [1.807, 2.05) is 19.3 Å². The summed E-state index contributed by atoms with van der Waals surface area (Å²) in [7, 11) is 5.06. The fraction of sp³-hybridized carbons (Fsp3) is 0.308. The molecule has 0 bridgehead atoms. The van der Waals surface area contributed by atoms with Crippen molar-refractivity contribution in [3.05, 3.63) is 59.3 Å². The highest BCUT2D eigenvalue weighted by Crippen LogP contribution is 2.36. The smallest absolute Gasteiger partial charge is 0.334 e. The van der Waals surface area contributed by atoms with E-state index in [2.05, 4.69) is 15.1 Å². The Bertz CT molecular complexity index is 1680. The van der Waals surface area contributed by atoms with Crippen LogP contribution in [0.1, 0.15) is 19.3 Å². The van der Waals surface area contributed by atoms with Crippen LogP contribution in [0.4, 0.5) is 4.39 Å². The van der Waals surface area contributed by atoms with Crippen LogP contribution in [-0.2, 0) is 14.1 Å². The zero-order valence-electron chi connectivity index (χ0n) is 20.2. The Labute approximate surface area is 205 Å². The van der Waals surface area contributed by atoms with Crippen LogP contribution in [0.15, 0.2) is 47.8 Å². The van der Waals surface area contributed by atoms with Gasteiger partial charge >= 0.3 is 5.69 Å². The first kappa shape index (κ1) is 22.3. The van der Waals surface area contributed by atoms with Gasteiger partial charge in [0, 0.05) is 48.9 Å². The molecule has 184 valence electrons. The van der Waals surface area contributed by atoms with E-state index in [-0.39, 0.29) is 5.82 Å². The van der Waals surface area contributed by atoms with Gasteiger partial charge in [0.2, 0.25) is 0 Å². The molecule has 6 rings (SSSR count). The molecule has 1 aromatic carbocycles. The lowest BCUT2D eigenvalue weighted by atomic mass is 9.86. The largest absolute Gasteiger partial charge is 0.496 e. The average molecular weight is 489 g/mol. The van der Waals surface area contributed by atoms with Crippen molar-refractivity contribution in [1.82, 2.24) is 28.9 Å². The van der Waals surface area contributed by atoms with E-state index >= 15 is 4.39 Å². The van der Waals surface area contributed by atoms with Crippen LogP contribution in [0.5, 0.6) is 11.5 Å². The summed E-state index contributed by atoms with van der Waals surface area (Å²) >= 11 is 0. The fourth-order valence-electron chi connectivity index (χ4n) is 4.71. The maximum absolute atomic E-state index is 15.4. The van der Waals surface area contributed by atoms with Crippen molar-refractivity contribution in [3.63, 3.8) is 0 Å². The van der Waals surface area contributed by atoms with E-state index in [1.54, 1.807) is 37.3 Å². The number of nitrogens with zero attached hydrogens (tertiary/aromatic N) is 6. The number of methoxy groups -OCH3 is 1.